The Bertz CT molecular complexity index is 1590. The van der Waals surface area contributed by atoms with E-state index in [4.69, 9.17) is 23.9 Å². The minimum atomic E-state index is -0.656. The molecule has 0 aliphatic rings. The molecule has 0 N–H and O–H groups in total. The van der Waals surface area contributed by atoms with E-state index in [1.165, 1.54) is 18.1 Å². The fraction of sp³-hybridized carbons (Fsp3) is 0.200. The van der Waals surface area contributed by atoms with Gasteiger partial charge in [0.25, 0.3) is 5.91 Å². The summed E-state index contributed by atoms with van der Waals surface area (Å²) in [5, 5.41) is 9.83. The zero-order valence-corrected chi connectivity index (χ0v) is 21.5. The van der Waals surface area contributed by atoms with Crippen LogP contribution >= 0.6 is 0 Å². The standard InChI is InChI=1S/C30H26N2O7/c1-20-16-29(34)39-27-17-23(12-13-24(20)27)37-18-21-8-10-22(11-9-21)30(35)38-19-28(33)32(15-5-14-31)25-6-3-4-7-26(25)36-2/h3-4,6-13,16-17H,5,15,18-19H2,1-2H3. The number of amides is 1. The molecule has 0 unspecified atom stereocenters. The number of hydrogen-bond donors (Lipinski definition) is 0. The maximum atomic E-state index is 12.9. The van der Waals surface area contributed by atoms with Crippen LogP contribution in [-0.2, 0) is 16.1 Å². The van der Waals surface area contributed by atoms with Crippen molar-refractivity contribution in [2.45, 2.75) is 20.0 Å². The lowest BCUT2D eigenvalue weighted by Crippen LogP contribution is -2.35. The number of benzene rings is 3. The molecule has 3 aromatic carbocycles. The number of rotatable bonds is 10. The third kappa shape index (κ3) is 6.62. The highest BCUT2D eigenvalue weighted by atomic mass is 16.5. The highest BCUT2D eigenvalue weighted by molar-refractivity contribution is 5.98. The lowest BCUT2D eigenvalue weighted by Gasteiger charge is -2.23. The predicted octanol–water partition coefficient (Wildman–Crippen LogP) is 4.79. The average molecular weight is 527 g/mol. The van der Waals surface area contributed by atoms with Crippen molar-refractivity contribution >= 4 is 28.5 Å². The van der Waals surface area contributed by atoms with Crippen molar-refractivity contribution in [2.75, 3.05) is 25.2 Å². The van der Waals surface area contributed by atoms with Crippen molar-refractivity contribution in [1.29, 1.82) is 5.26 Å². The third-order valence-corrected chi connectivity index (χ3v) is 5.97. The molecule has 198 valence electrons. The number of ether oxygens (including phenoxy) is 3. The third-order valence-electron chi connectivity index (χ3n) is 5.97. The lowest BCUT2D eigenvalue weighted by atomic mass is 10.1. The number of esters is 1. The number of hydrogen-bond acceptors (Lipinski definition) is 8. The number of carbonyl (C=O) groups excluding carboxylic acids is 2. The lowest BCUT2D eigenvalue weighted by molar-refractivity contribution is -0.121. The number of methoxy groups -OCH3 is 1. The van der Waals surface area contributed by atoms with E-state index in [1.54, 1.807) is 60.7 Å². The van der Waals surface area contributed by atoms with Gasteiger partial charge < -0.3 is 23.5 Å². The molecule has 1 aromatic heterocycles. The van der Waals surface area contributed by atoms with E-state index < -0.39 is 24.1 Å². The normalized spacial score (nSPS) is 10.5. The Morgan fingerprint density at radius 3 is 2.54 bits per heavy atom. The van der Waals surface area contributed by atoms with Gasteiger partial charge in [-0.25, -0.2) is 9.59 Å². The molecule has 0 bridgehead atoms. The number of nitrogens with zero attached hydrogens (tertiary/aromatic N) is 2. The molecule has 4 aromatic rings. The molecule has 0 aliphatic carbocycles. The highest BCUT2D eigenvalue weighted by Crippen LogP contribution is 2.28. The van der Waals surface area contributed by atoms with Gasteiger partial charge in [0.1, 0.15) is 23.7 Å². The van der Waals surface area contributed by atoms with Crippen LogP contribution < -0.4 is 20.0 Å². The highest BCUT2D eigenvalue weighted by Gasteiger charge is 2.21. The molecule has 1 amide bonds. The molecule has 4 rings (SSSR count). The number of anilines is 1. The van der Waals surface area contributed by atoms with Gasteiger partial charge in [0.05, 0.1) is 30.9 Å². The maximum Gasteiger partial charge on any atom is 0.338 e. The van der Waals surface area contributed by atoms with Crippen LogP contribution in [-0.4, -0.2) is 32.1 Å². The molecule has 0 spiro atoms. The molecule has 0 saturated heterocycles. The van der Waals surface area contributed by atoms with Crippen LogP contribution in [0.3, 0.4) is 0 Å². The van der Waals surface area contributed by atoms with Crippen molar-refractivity contribution in [2.24, 2.45) is 0 Å². The first kappa shape index (κ1) is 26.9. The number of para-hydroxylation sites is 2. The Balaban J connectivity index is 1.35. The van der Waals surface area contributed by atoms with E-state index in [0.717, 1.165) is 16.5 Å². The number of nitriles is 1. The first-order chi connectivity index (χ1) is 18.9. The Hall–Kier alpha value is -5.10. The van der Waals surface area contributed by atoms with Gasteiger partial charge in [-0.1, -0.05) is 24.3 Å². The maximum absolute atomic E-state index is 12.9. The largest absolute Gasteiger partial charge is 0.495 e. The van der Waals surface area contributed by atoms with Crippen LogP contribution in [0, 0.1) is 18.3 Å². The van der Waals surface area contributed by atoms with Crippen LogP contribution in [0.15, 0.2) is 82.0 Å². The Labute approximate surface area is 224 Å². The van der Waals surface area contributed by atoms with Gasteiger partial charge in [-0.2, -0.15) is 5.26 Å². The minimum absolute atomic E-state index is 0.106. The van der Waals surface area contributed by atoms with Crippen molar-refractivity contribution in [1.82, 2.24) is 0 Å². The van der Waals surface area contributed by atoms with Crippen LogP contribution in [0.25, 0.3) is 11.0 Å². The van der Waals surface area contributed by atoms with Gasteiger partial charge in [-0.05, 0) is 54.4 Å². The van der Waals surface area contributed by atoms with E-state index in [1.807, 2.05) is 19.1 Å². The molecular weight excluding hydrogens is 500 g/mol. The summed E-state index contributed by atoms with van der Waals surface area (Å²) in [4.78, 5) is 38.5. The molecule has 39 heavy (non-hydrogen) atoms. The van der Waals surface area contributed by atoms with Crippen molar-refractivity contribution < 1.29 is 28.2 Å². The molecule has 0 atom stereocenters. The molecule has 0 aliphatic heterocycles. The minimum Gasteiger partial charge on any atom is -0.495 e. The monoisotopic (exact) mass is 526 g/mol. The Morgan fingerprint density at radius 1 is 1.03 bits per heavy atom. The van der Waals surface area contributed by atoms with Gasteiger partial charge in [0, 0.05) is 24.1 Å². The van der Waals surface area contributed by atoms with E-state index in [-0.39, 0.29) is 25.1 Å². The smallest absolute Gasteiger partial charge is 0.338 e. The average Bonchev–Trinajstić information content (AvgIpc) is 2.95. The molecule has 0 fully saturated rings. The fourth-order valence-electron chi connectivity index (χ4n) is 3.98. The quantitative estimate of drug-likeness (QED) is 0.214. The summed E-state index contributed by atoms with van der Waals surface area (Å²) in [6.07, 6.45) is 0.106. The predicted molar refractivity (Wildman–Crippen MR) is 144 cm³/mol. The number of aryl methyl sites for hydroxylation is 1. The SMILES string of the molecule is COc1ccccc1N(CCC#N)C(=O)COC(=O)c1ccc(COc2ccc3c(C)cc(=O)oc3c2)cc1. The Morgan fingerprint density at radius 2 is 1.79 bits per heavy atom. The van der Waals surface area contributed by atoms with Gasteiger partial charge in [0.15, 0.2) is 6.61 Å². The molecule has 1 heterocycles. The van der Waals surface area contributed by atoms with Crippen LogP contribution in [0.5, 0.6) is 11.5 Å². The fourth-order valence-corrected chi connectivity index (χ4v) is 3.98. The Kier molecular flexibility index (Phi) is 8.59. The van der Waals surface area contributed by atoms with Gasteiger partial charge >= 0.3 is 11.6 Å². The van der Waals surface area contributed by atoms with E-state index >= 15 is 0 Å². The van der Waals surface area contributed by atoms with E-state index in [9.17, 15) is 14.4 Å². The van der Waals surface area contributed by atoms with Crippen LogP contribution in [0.4, 0.5) is 5.69 Å². The molecular formula is C30H26N2O7. The molecule has 9 nitrogen and oxygen atoms in total. The summed E-state index contributed by atoms with van der Waals surface area (Å²) in [5.74, 6) is -0.129. The second-order valence-corrected chi connectivity index (χ2v) is 8.59. The summed E-state index contributed by atoms with van der Waals surface area (Å²) in [7, 11) is 1.49. The second-order valence-electron chi connectivity index (χ2n) is 8.59. The number of carbonyl (C=O) groups is 2. The zero-order chi connectivity index (χ0) is 27.8. The zero-order valence-electron chi connectivity index (χ0n) is 21.5. The van der Waals surface area contributed by atoms with Crippen LogP contribution in [0.1, 0.15) is 27.9 Å². The topological polar surface area (TPSA) is 119 Å². The summed E-state index contributed by atoms with van der Waals surface area (Å²) in [6, 6.07) is 22.3. The second kappa shape index (κ2) is 12.4. The summed E-state index contributed by atoms with van der Waals surface area (Å²) in [6.45, 7) is 1.70. The number of fused-ring (bicyclic) bond motifs is 1. The summed E-state index contributed by atoms with van der Waals surface area (Å²) in [5.41, 5.74) is 2.41. The summed E-state index contributed by atoms with van der Waals surface area (Å²) >= 11 is 0. The van der Waals surface area contributed by atoms with E-state index in [2.05, 4.69) is 0 Å². The first-order valence-corrected chi connectivity index (χ1v) is 12.1. The van der Waals surface area contributed by atoms with Gasteiger partial charge in [-0.3, -0.25) is 4.79 Å². The van der Waals surface area contributed by atoms with Crippen molar-refractivity contribution in [3.05, 3.63) is 99.9 Å². The molecule has 9 heteroatoms. The van der Waals surface area contributed by atoms with Crippen molar-refractivity contribution in [3.63, 3.8) is 0 Å². The summed E-state index contributed by atoms with van der Waals surface area (Å²) < 4.78 is 21.7. The van der Waals surface area contributed by atoms with Gasteiger partial charge in [0.2, 0.25) is 0 Å². The molecule has 0 saturated carbocycles. The van der Waals surface area contributed by atoms with Gasteiger partial charge in [-0.15, -0.1) is 0 Å². The first-order valence-electron chi connectivity index (χ1n) is 12.1. The van der Waals surface area contributed by atoms with Crippen molar-refractivity contribution in [3.8, 4) is 17.6 Å². The van der Waals surface area contributed by atoms with Crippen LogP contribution in [0.2, 0.25) is 0 Å². The molecule has 0 radical (unpaired) electrons. The van der Waals surface area contributed by atoms with E-state index in [0.29, 0.717) is 22.8 Å².